The fourth-order valence-electron chi connectivity index (χ4n) is 0.855. The van der Waals surface area contributed by atoms with Crippen molar-refractivity contribution >= 4 is 36.1 Å². The van der Waals surface area contributed by atoms with Gasteiger partial charge in [0.25, 0.3) is 0 Å². The summed E-state index contributed by atoms with van der Waals surface area (Å²) in [4.78, 5) is 21.3. The van der Waals surface area contributed by atoms with E-state index in [1.165, 1.54) is 0 Å². The van der Waals surface area contributed by atoms with Crippen molar-refractivity contribution < 1.29 is 73.5 Å². The Hall–Kier alpha value is 1.44. The zero-order chi connectivity index (χ0) is 10.9. The van der Waals surface area contributed by atoms with Crippen molar-refractivity contribution in [1.29, 1.82) is 5.26 Å². The average Bonchev–Trinajstić information content (AvgIpc) is 2.02. The Balaban J connectivity index is 0. The normalized spacial score (nSPS) is 9.69. The van der Waals surface area contributed by atoms with E-state index in [-0.39, 0.29) is 69.7 Å². The molecule has 9 heteroatoms. The first-order valence-corrected chi connectivity index (χ1v) is 5.58. The van der Waals surface area contributed by atoms with Crippen LogP contribution >= 0.6 is 30.8 Å². The summed E-state index contributed by atoms with van der Waals surface area (Å²) in [6.45, 7) is 0. The van der Waals surface area contributed by atoms with Gasteiger partial charge in [0.1, 0.15) is 6.07 Å². The molecule has 0 unspecified atom stereocenters. The molecular formula is C7H2Cl2NNa2O3P. The van der Waals surface area contributed by atoms with Gasteiger partial charge in [-0.3, -0.25) is 0 Å². The third kappa shape index (κ3) is 4.61. The topological polar surface area (TPSA) is 87.0 Å². The maximum absolute atomic E-state index is 10.7. The average molecular weight is 296 g/mol. The van der Waals surface area contributed by atoms with Crippen LogP contribution in [0.3, 0.4) is 0 Å². The first kappa shape index (κ1) is 19.8. The van der Waals surface area contributed by atoms with Gasteiger partial charge in [-0.15, -0.1) is 0 Å². The first-order chi connectivity index (χ1) is 6.38. The Kier molecular flexibility index (Phi) is 9.62. The van der Waals surface area contributed by atoms with Crippen LogP contribution in [0.4, 0.5) is 0 Å². The van der Waals surface area contributed by atoms with Gasteiger partial charge >= 0.3 is 59.1 Å². The maximum atomic E-state index is 10.7. The van der Waals surface area contributed by atoms with Crippen LogP contribution in [0.5, 0.6) is 0 Å². The Labute approximate surface area is 147 Å². The van der Waals surface area contributed by atoms with Gasteiger partial charge < -0.3 is 14.4 Å². The molecule has 0 radical (unpaired) electrons. The molecule has 0 amide bonds. The van der Waals surface area contributed by atoms with Crippen LogP contribution in [0.25, 0.3) is 0 Å². The number of rotatable bonds is 1. The summed E-state index contributed by atoms with van der Waals surface area (Å²) < 4.78 is 10.7. The first-order valence-electron chi connectivity index (χ1n) is 3.28. The fourth-order valence-corrected chi connectivity index (χ4v) is 2.23. The molecule has 0 spiro atoms. The van der Waals surface area contributed by atoms with Crippen molar-refractivity contribution in [3.63, 3.8) is 0 Å². The molecule has 74 valence electrons. The van der Waals surface area contributed by atoms with Crippen LogP contribution in [0.2, 0.25) is 10.0 Å². The van der Waals surface area contributed by atoms with Gasteiger partial charge in [-0.25, -0.2) is 0 Å². The molecule has 0 saturated carbocycles. The second-order valence-corrected chi connectivity index (χ2v) is 4.63. The number of halogens is 2. The predicted molar refractivity (Wildman–Crippen MR) is 48.4 cm³/mol. The summed E-state index contributed by atoms with van der Waals surface area (Å²) in [5.41, 5.74) is -0.210. The summed E-state index contributed by atoms with van der Waals surface area (Å²) >= 11 is 11.1. The number of nitriles is 1. The molecule has 0 aliphatic heterocycles. The molecule has 0 aliphatic carbocycles. The quantitative estimate of drug-likeness (QED) is 0.382. The van der Waals surface area contributed by atoms with E-state index >= 15 is 0 Å². The minimum absolute atomic E-state index is 0. The maximum Gasteiger partial charge on any atom is 1.00 e. The van der Waals surface area contributed by atoms with Crippen LogP contribution in [0.1, 0.15) is 5.56 Å². The molecule has 0 N–H and O–H groups in total. The van der Waals surface area contributed by atoms with Gasteiger partial charge in [0, 0.05) is 5.30 Å². The van der Waals surface area contributed by atoms with Gasteiger partial charge in [-0.2, -0.15) is 5.26 Å². The second-order valence-electron chi connectivity index (χ2n) is 2.36. The van der Waals surface area contributed by atoms with E-state index < -0.39 is 17.9 Å². The molecule has 0 aromatic heterocycles. The molecule has 0 heterocycles. The summed E-state index contributed by atoms with van der Waals surface area (Å²) in [6, 6.07) is 3.73. The van der Waals surface area contributed by atoms with Crippen molar-refractivity contribution in [2.24, 2.45) is 0 Å². The summed E-state index contributed by atoms with van der Waals surface area (Å²) in [6.07, 6.45) is 0. The SMILES string of the molecule is N#Cc1c(Cl)ccc(P(=O)([O-])[O-])c1Cl.[Na+].[Na+]. The van der Waals surface area contributed by atoms with Gasteiger partial charge in [-0.05, 0) is 13.7 Å². The van der Waals surface area contributed by atoms with E-state index in [0.29, 0.717) is 0 Å². The molecule has 1 aromatic rings. The molecule has 0 aliphatic rings. The van der Waals surface area contributed by atoms with Crippen LogP contribution in [0.15, 0.2) is 12.1 Å². The minimum Gasteiger partial charge on any atom is -0.807 e. The van der Waals surface area contributed by atoms with Gasteiger partial charge in [-0.1, -0.05) is 29.3 Å². The van der Waals surface area contributed by atoms with Gasteiger partial charge in [0.15, 0.2) is 0 Å². The Morgan fingerprint density at radius 1 is 1.25 bits per heavy atom. The van der Waals surface area contributed by atoms with Crippen LogP contribution < -0.4 is 74.2 Å². The number of nitrogens with zero attached hydrogens (tertiary/aromatic N) is 1. The predicted octanol–water partition coefficient (Wildman–Crippen LogP) is -5.59. The monoisotopic (exact) mass is 295 g/mol. The summed E-state index contributed by atoms with van der Waals surface area (Å²) in [5.74, 6) is 0. The Morgan fingerprint density at radius 2 is 1.75 bits per heavy atom. The molecule has 0 bridgehead atoms. The zero-order valence-electron chi connectivity index (χ0n) is 8.53. The van der Waals surface area contributed by atoms with Crippen molar-refractivity contribution in [1.82, 2.24) is 0 Å². The smallest absolute Gasteiger partial charge is 0.807 e. The largest absolute Gasteiger partial charge is 1.00 e. The Morgan fingerprint density at radius 3 is 2.12 bits per heavy atom. The summed E-state index contributed by atoms with van der Waals surface area (Å²) in [5, 5.41) is 7.55. The molecule has 0 fully saturated rings. The minimum atomic E-state index is -4.96. The third-order valence-electron chi connectivity index (χ3n) is 1.48. The van der Waals surface area contributed by atoms with E-state index in [4.69, 9.17) is 28.5 Å². The summed E-state index contributed by atoms with van der Waals surface area (Å²) in [7, 11) is -4.96. The van der Waals surface area contributed by atoms with Crippen LogP contribution in [-0.2, 0) is 4.57 Å². The van der Waals surface area contributed by atoms with Crippen molar-refractivity contribution in [3.8, 4) is 6.07 Å². The van der Waals surface area contributed by atoms with E-state index in [0.717, 1.165) is 12.1 Å². The fraction of sp³-hybridized carbons (Fsp3) is 0. The molecule has 0 saturated heterocycles. The molecule has 1 aromatic carbocycles. The molecule has 1 rings (SSSR count). The van der Waals surface area contributed by atoms with Crippen molar-refractivity contribution in [2.75, 3.05) is 0 Å². The van der Waals surface area contributed by atoms with Crippen molar-refractivity contribution in [2.45, 2.75) is 0 Å². The Bertz CT molecular complexity index is 471. The molecule has 0 atom stereocenters. The number of hydrogen-bond acceptors (Lipinski definition) is 4. The molecule has 16 heavy (non-hydrogen) atoms. The van der Waals surface area contributed by atoms with Crippen molar-refractivity contribution in [3.05, 3.63) is 27.7 Å². The zero-order valence-corrected chi connectivity index (χ0v) is 14.9. The van der Waals surface area contributed by atoms with Crippen LogP contribution in [0, 0.1) is 11.3 Å². The molecule has 4 nitrogen and oxygen atoms in total. The second kappa shape index (κ2) is 7.78. The number of hydrogen-bond donors (Lipinski definition) is 0. The van der Waals surface area contributed by atoms with Crippen LogP contribution in [-0.4, -0.2) is 0 Å². The van der Waals surface area contributed by atoms with E-state index in [2.05, 4.69) is 0 Å². The third-order valence-corrected chi connectivity index (χ3v) is 3.28. The van der Waals surface area contributed by atoms with E-state index in [9.17, 15) is 14.4 Å². The van der Waals surface area contributed by atoms with Gasteiger partial charge in [0.2, 0.25) is 0 Å². The van der Waals surface area contributed by atoms with E-state index in [1.54, 1.807) is 6.07 Å². The number of benzene rings is 1. The standard InChI is InChI=1S/C7H4Cl2NO3P.2Na/c8-5-1-2-6(14(11,12)13)7(9)4(5)3-10;;/h1-2H,(H2,11,12,13);;/q;2*+1/p-2. The van der Waals surface area contributed by atoms with E-state index in [1.807, 2.05) is 0 Å². The molecular weight excluding hydrogens is 294 g/mol. The van der Waals surface area contributed by atoms with Gasteiger partial charge in [0.05, 0.1) is 15.6 Å².